The van der Waals surface area contributed by atoms with Gasteiger partial charge in [-0.05, 0) is 37.8 Å². The summed E-state index contributed by atoms with van der Waals surface area (Å²) in [5, 5.41) is 4.26. The number of aromatic nitrogens is 2. The Bertz CT molecular complexity index is 977. The lowest BCUT2D eigenvalue weighted by Crippen LogP contribution is -2.45. The first-order valence-corrected chi connectivity index (χ1v) is 9.97. The fourth-order valence-electron chi connectivity index (χ4n) is 4.51. The summed E-state index contributed by atoms with van der Waals surface area (Å²) in [6, 6.07) is 8.29. The fourth-order valence-corrected chi connectivity index (χ4v) is 4.51. The molecular weight excluding hydrogens is 340 g/mol. The number of hydrogen-bond acceptors (Lipinski definition) is 5. The van der Waals surface area contributed by atoms with Gasteiger partial charge in [0.25, 0.3) is 0 Å². The number of furan rings is 1. The van der Waals surface area contributed by atoms with Gasteiger partial charge in [0.15, 0.2) is 11.4 Å². The van der Waals surface area contributed by atoms with E-state index >= 15 is 0 Å². The Kier molecular flexibility index (Phi) is 4.19. The maximum atomic E-state index is 12.7. The third-order valence-electron chi connectivity index (χ3n) is 5.93. The minimum atomic E-state index is 0.00810. The predicted octanol–water partition coefficient (Wildman–Crippen LogP) is 3.65. The van der Waals surface area contributed by atoms with Crippen molar-refractivity contribution in [3.05, 3.63) is 30.6 Å². The Morgan fingerprint density at radius 3 is 2.85 bits per heavy atom. The molecule has 1 N–H and O–H groups in total. The molecule has 27 heavy (non-hydrogen) atoms. The van der Waals surface area contributed by atoms with Gasteiger partial charge in [0.1, 0.15) is 17.4 Å². The highest BCUT2D eigenvalue weighted by Crippen LogP contribution is 2.33. The highest BCUT2D eigenvalue weighted by Gasteiger charge is 2.30. The van der Waals surface area contributed by atoms with Crippen molar-refractivity contribution >= 4 is 33.8 Å². The number of piperidine rings is 1. The monoisotopic (exact) mass is 364 g/mol. The summed E-state index contributed by atoms with van der Waals surface area (Å²) in [7, 11) is 0. The molecule has 1 aliphatic heterocycles. The first kappa shape index (κ1) is 16.5. The van der Waals surface area contributed by atoms with Gasteiger partial charge in [-0.15, -0.1) is 0 Å². The summed E-state index contributed by atoms with van der Waals surface area (Å²) >= 11 is 0. The van der Waals surface area contributed by atoms with Crippen LogP contribution in [0.5, 0.6) is 0 Å². The molecule has 2 fully saturated rings. The van der Waals surface area contributed by atoms with Gasteiger partial charge < -0.3 is 14.6 Å². The topological polar surface area (TPSA) is 71.3 Å². The smallest absolute Gasteiger partial charge is 0.225 e. The number of carbonyl (C=O) groups is 1. The Balaban J connectivity index is 1.41. The van der Waals surface area contributed by atoms with Crippen molar-refractivity contribution in [1.82, 2.24) is 15.3 Å². The largest absolute Gasteiger partial charge is 0.450 e. The summed E-state index contributed by atoms with van der Waals surface area (Å²) in [5.41, 5.74) is 2.38. The molecule has 0 radical (unpaired) electrons. The van der Waals surface area contributed by atoms with Crippen LogP contribution in [0.15, 0.2) is 35.0 Å². The highest BCUT2D eigenvalue weighted by atomic mass is 16.3. The van der Waals surface area contributed by atoms with Crippen molar-refractivity contribution < 1.29 is 9.21 Å². The van der Waals surface area contributed by atoms with Crippen LogP contribution in [-0.4, -0.2) is 35.0 Å². The van der Waals surface area contributed by atoms with Crippen LogP contribution < -0.4 is 10.2 Å². The maximum absolute atomic E-state index is 12.7. The number of nitrogens with zero attached hydrogens (tertiary/aromatic N) is 3. The molecule has 0 bridgehead atoms. The SMILES string of the molecule is O=C(NC1CCCC1)[C@@H]1CCCN(c2ncnc3c2oc2ccccc23)C1. The molecule has 6 nitrogen and oxygen atoms in total. The summed E-state index contributed by atoms with van der Waals surface area (Å²) < 4.78 is 6.07. The van der Waals surface area contributed by atoms with Crippen LogP contribution in [0.1, 0.15) is 38.5 Å². The van der Waals surface area contributed by atoms with Crippen molar-refractivity contribution in [2.45, 2.75) is 44.6 Å². The molecule has 5 rings (SSSR count). The van der Waals surface area contributed by atoms with Crippen LogP contribution in [-0.2, 0) is 4.79 Å². The Morgan fingerprint density at radius 1 is 1.11 bits per heavy atom. The van der Waals surface area contributed by atoms with Gasteiger partial charge in [-0.2, -0.15) is 0 Å². The number of amides is 1. The molecular formula is C21H24N4O2. The molecule has 1 saturated heterocycles. The number of fused-ring (bicyclic) bond motifs is 3. The minimum absolute atomic E-state index is 0.00810. The van der Waals surface area contributed by atoms with E-state index in [1.807, 2.05) is 24.3 Å². The van der Waals surface area contributed by atoms with Crippen LogP contribution in [0, 0.1) is 5.92 Å². The van der Waals surface area contributed by atoms with Crippen molar-refractivity contribution in [2.24, 2.45) is 5.92 Å². The number of hydrogen-bond donors (Lipinski definition) is 1. The number of para-hydroxylation sites is 1. The Labute approximate surface area is 158 Å². The molecule has 1 aliphatic carbocycles. The number of anilines is 1. The fraction of sp³-hybridized carbons (Fsp3) is 0.476. The highest BCUT2D eigenvalue weighted by molar-refractivity contribution is 6.05. The van der Waals surface area contributed by atoms with Gasteiger partial charge in [-0.1, -0.05) is 25.0 Å². The van der Waals surface area contributed by atoms with Crippen molar-refractivity contribution in [2.75, 3.05) is 18.0 Å². The average Bonchev–Trinajstić information content (AvgIpc) is 3.35. The lowest BCUT2D eigenvalue weighted by atomic mass is 9.96. The molecule has 3 aromatic rings. The average molecular weight is 364 g/mol. The third-order valence-corrected chi connectivity index (χ3v) is 5.93. The van der Waals surface area contributed by atoms with Crippen molar-refractivity contribution in [1.29, 1.82) is 0 Å². The second-order valence-electron chi connectivity index (χ2n) is 7.75. The summed E-state index contributed by atoms with van der Waals surface area (Å²) in [5.74, 6) is 1.00. The summed E-state index contributed by atoms with van der Waals surface area (Å²) in [6.45, 7) is 1.57. The van der Waals surface area contributed by atoms with Crippen molar-refractivity contribution in [3.8, 4) is 0 Å². The molecule has 2 aliphatic rings. The van der Waals surface area contributed by atoms with Gasteiger partial charge in [-0.3, -0.25) is 4.79 Å². The van der Waals surface area contributed by atoms with E-state index in [2.05, 4.69) is 20.2 Å². The van der Waals surface area contributed by atoms with E-state index in [0.29, 0.717) is 12.6 Å². The molecule has 2 aromatic heterocycles. The van der Waals surface area contributed by atoms with E-state index in [0.717, 1.165) is 60.1 Å². The summed E-state index contributed by atoms with van der Waals surface area (Å²) in [6.07, 6.45) is 8.21. The quantitative estimate of drug-likeness (QED) is 0.768. The van der Waals surface area contributed by atoms with Crippen LogP contribution >= 0.6 is 0 Å². The molecule has 0 unspecified atom stereocenters. The second kappa shape index (κ2) is 6.83. The van der Waals surface area contributed by atoms with Gasteiger partial charge in [0.2, 0.25) is 5.91 Å². The Morgan fingerprint density at radius 2 is 1.96 bits per heavy atom. The van der Waals surface area contributed by atoms with E-state index in [9.17, 15) is 4.79 Å². The number of nitrogens with one attached hydrogen (secondary N) is 1. The predicted molar refractivity (Wildman–Crippen MR) is 105 cm³/mol. The molecule has 140 valence electrons. The zero-order chi connectivity index (χ0) is 18.2. The lowest BCUT2D eigenvalue weighted by Gasteiger charge is -2.33. The standard InChI is InChI=1S/C21H24N4O2/c26-21(24-15-7-1-2-8-15)14-6-5-11-25(12-14)20-19-18(22-13-23-20)16-9-3-4-10-17(16)27-19/h3-4,9-10,13-15H,1-2,5-8,11-12H2,(H,24,26)/t14-/m1/s1. The van der Waals surface area contributed by atoms with Crippen LogP contribution in [0.4, 0.5) is 5.82 Å². The van der Waals surface area contributed by atoms with Gasteiger partial charge in [-0.25, -0.2) is 9.97 Å². The minimum Gasteiger partial charge on any atom is -0.450 e. The molecule has 1 amide bonds. The molecule has 3 heterocycles. The van der Waals surface area contributed by atoms with E-state index in [-0.39, 0.29) is 11.8 Å². The van der Waals surface area contributed by atoms with E-state index < -0.39 is 0 Å². The number of rotatable bonds is 3. The van der Waals surface area contributed by atoms with Crippen molar-refractivity contribution in [3.63, 3.8) is 0 Å². The van der Waals surface area contributed by atoms with E-state index in [4.69, 9.17) is 4.42 Å². The van der Waals surface area contributed by atoms with Crippen LogP contribution in [0.3, 0.4) is 0 Å². The molecule has 1 aromatic carbocycles. The third kappa shape index (κ3) is 3.03. The van der Waals surface area contributed by atoms with Gasteiger partial charge in [0.05, 0.1) is 5.92 Å². The van der Waals surface area contributed by atoms with Crippen LogP contribution in [0.2, 0.25) is 0 Å². The number of carbonyl (C=O) groups excluding carboxylic acids is 1. The first-order chi connectivity index (χ1) is 13.3. The van der Waals surface area contributed by atoms with Gasteiger partial charge in [0, 0.05) is 24.5 Å². The maximum Gasteiger partial charge on any atom is 0.225 e. The normalized spacial score (nSPS) is 21.2. The van der Waals surface area contributed by atoms with E-state index in [1.165, 1.54) is 12.8 Å². The summed E-state index contributed by atoms with van der Waals surface area (Å²) in [4.78, 5) is 23.9. The van der Waals surface area contributed by atoms with Crippen LogP contribution in [0.25, 0.3) is 22.1 Å². The zero-order valence-electron chi connectivity index (χ0n) is 15.4. The Hall–Kier alpha value is -2.63. The second-order valence-corrected chi connectivity index (χ2v) is 7.75. The molecule has 1 saturated carbocycles. The number of benzene rings is 1. The molecule has 1 atom stereocenters. The lowest BCUT2D eigenvalue weighted by molar-refractivity contribution is -0.125. The molecule has 0 spiro atoms. The van der Waals surface area contributed by atoms with Gasteiger partial charge >= 0.3 is 0 Å². The zero-order valence-corrected chi connectivity index (χ0v) is 15.4. The first-order valence-electron chi connectivity index (χ1n) is 9.97. The molecule has 6 heteroatoms. The van der Waals surface area contributed by atoms with E-state index in [1.54, 1.807) is 6.33 Å².